The molecule has 1 aliphatic heterocycles. The largest absolute Gasteiger partial charge is 0.469 e. The topological polar surface area (TPSA) is 69.4 Å². The highest BCUT2D eigenvalue weighted by atomic mass is 35.5. The van der Waals surface area contributed by atoms with Gasteiger partial charge in [0.25, 0.3) is 0 Å². The standard InChI is InChI=1S/C21H18ClFN4O2/c1-12-25-26-21-17(8-10-19(28)29-2)24-20(14-5-3-4-6-16(14)23)15-11-13(22)7-9-18(15)27(12)21/h3-7,9,11,17H,8,10H2,1-2H3/t17-/m0/s1. The molecule has 0 spiro atoms. The molecule has 0 amide bonds. The third-order valence-corrected chi connectivity index (χ3v) is 5.10. The Bertz CT molecular complexity index is 1130. The van der Waals surface area contributed by atoms with Gasteiger partial charge in [0, 0.05) is 22.6 Å². The molecule has 0 saturated carbocycles. The third-order valence-electron chi connectivity index (χ3n) is 4.87. The molecule has 0 aliphatic carbocycles. The van der Waals surface area contributed by atoms with E-state index in [4.69, 9.17) is 21.3 Å². The minimum atomic E-state index is -0.504. The third kappa shape index (κ3) is 3.53. The van der Waals surface area contributed by atoms with E-state index in [2.05, 4.69) is 10.2 Å². The Morgan fingerprint density at radius 2 is 2.00 bits per heavy atom. The quantitative estimate of drug-likeness (QED) is 0.602. The molecular formula is C21H18ClFN4O2. The van der Waals surface area contributed by atoms with Crippen molar-refractivity contribution in [2.24, 2.45) is 4.99 Å². The van der Waals surface area contributed by atoms with Crippen molar-refractivity contribution in [3.63, 3.8) is 0 Å². The number of rotatable bonds is 4. The van der Waals surface area contributed by atoms with Crippen LogP contribution in [-0.2, 0) is 9.53 Å². The van der Waals surface area contributed by atoms with Gasteiger partial charge in [-0.1, -0.05) is 23.7 Å². The SMILES string of the molecule is COC(=O)CC[C@@H]1N=C(c2ccccc2F)c2cc(Cl)ccc2-n2c(C)nnc21. The van der Waals surface area contributed by atoms with Crippen LogP contribution in [0.2, 0.25) is 5.02 Å². The van der Waals surface area contributed by atoms with Crippen LogP contribution in [0.4, 0.5) is 4.39 Å². The summed E-state index contributed by atoms with van der Waals surface area (Å²) in [6.45, 7) is 1.83. The number of hydrogen-bond acceptors (Lipinski definition) is 5. The van der Waals surface area contributed by atoms with Crippen molar-refractivity contribution in [3.8, 4) is 5.69 Å². The molecular weight excluding hydrogens is 395 g/mol. The first-order valence-corrected chi connectivity index (χ1v) is 9.49. The minimum Gasteiger partial charge on any atom is -0.469 e. The fraction of sp³-hybridized carbons (Fsp3) is 0.238. The maximum absolute atomic E-state index is 14.7. The lowest BCUT2D eigenvalue weighted by Gasteiger charge is -2.13. The van der Waals surface area contributed by atoms with Crippen LogP contribution >= 0.6 is 11.6 Å². The van der Waals surface area contributed by atoms with Crippen LogP contribution in [0.25, 0.3) is 5.69 Å². The highest BCUT2D eigenvalue weighted by Crippen LogP contribution is 2.34. The number of carbonyl (C=O) groups is 1. The zero-order valence-electron chi connectivity index (χ0n) is 15.9. The summed E-state index contributed by atoms with van der Waals surface area (Å²) in [6, 6.07) is 11.3. The van der Waals surface area contributed by atoms with Crippen molar-refractivity contribution in [2.75, 3.05) is 7.11 Å². The van der Waals surface area contributed by atoms with Crippen molar-refractivity contribution < 1.29 is 13.9 Å². The van der Waals surface area contributed by atoms with Gasteiger partial charge in [-0.2, -0.15) is 0 Å². The molecule has 148 valence electrons. The molecule has 0 saturated heterocycles. The Balaban J connectivity index is 1.96. The van der Waals surface area contributed by atoms with Crippen molar-refractivity contribution in [1.29, 1.82) is 0 Å². The van der Waals surface area contributed by atoms with E-state index in [1.54, 1.807) is 30.3 Å². The number of hydrogen-bond donors (Lipinski definition) is 0. The molecule has 0 N–H and O–H groups in total. The molecule has 4 rings (SSSR count). The second-order valence-electron chi connectivity index (χ2n) is 6.69. The molecule has 0 fully saturated rings. The van der Waals surface area contributed by atoms with Gasteiger partial charge in [0.05, 0.1) is 18.5 Å². The number of halogens is 2. The van der Waals surface area contributed by atoms with Gasteiger partial charge in [0.1, 0.15) is 17.7 Å². The molecule has 1 aliphatic rings. The number of benzene rings is 2. The highest BCUT2D eigenvalue weighted by Gasteiger charge is 2.29. The van der Waals surface area contributed by atoms with Gasteiger partial charge in [0.2, 0.25) is 0 Å². The second-order valence-corrected chi connectivity index (χ2v) is 7.13. The normalized spacial score (nSPS) is 15.2. The predicted octanol–water partition coefficient (Wildman–Crippen LogP) is 4.21. The van der Waals surface area contributed by atoms with Gasteiger partial charge in [-0.25, -0.2) is 4.39 Å². The van der Waals surface area contributed by atoms with E-state index in [9.17, 15) is 9.18 Å². The number of fused-ring (bicyclic) bond motifs is 3. The molecule has 29 heavy (non-hydrogen) atoms. The van der Waals surface area contributed by atoms with Crippen molar-refractivity contribution in [2.45, 2.75) is 25.8 Å². The monoisotopic (exact) mass is 412 g/mol. The van der Waals surface area contributed by atoms with Gasteiger partial charge in [-0.3, -0.25) is 14.4 Å². The summed E-state index contributed by atoms with van der Waals surface area (Å²) < 4.78 is 21.4. The van der Waals surface area contributed by atoms with Gasteiger partial charge < -0.3 is 4.74 Å². The van der Waals surface area contributed by atoms with E-state index in [0.717, 1.165) is 5.69 Å². The van der Waals surface area contributed by atoms with Gasteiger partial charge in [-0.05, 0) is 43.7 Å². The number of methoxy groups -OCH3 is 1. The summed E-state index contributed by atoms with van der Waals surface area (Å²) in [6.07, 6.45) is 0.503. The number of esters is 1. The van der Waals surface area contributed by atoms with E-state index < -0.39 is 11.9 Å². The van der Waals surface area contributed by atoms with Crippen LogP contribution in [0, 0.1) is 12.7 Å². The lowest BCUT2D eigenvalue weighted by Crippen LogP contribution is -2.10. The number of aromatic nitrogens is 3. The molecule has 6 nitrogen and oxygen atoms in total. The van der Waals surface area contributed by atoms with Crippen molar-refractivity contribution >= 4 is 23.3 Å². The maximum Gasteiger partial charge on any atom is 0.305 e. The molecule has 1 atom stereocenters. The van der Waals surface area contributed by atoms with E-state index in [1.807, 2.05) is 17.6 Å². The Morgan fingerprint density at radius 1 is 1.21 bits per heavy atom. The minimum absolute atomic E-state index is 0.151. The lowest BCUT2D eigenvalue weighted by molar-refractivity contribution is -0.140. The van der Waals surface area contributed by atoms with Gasteiger partial charge in [0.15, 0.2) is 5.82 Å². The first-order valence-electron chi connectivity index (χ1n) is 9.11. The van der Waals surface area contributed by atoms with Crippen LogP contribution in [0.3, 0.4) is 0 Å². The van der Waals surface area contributed by atoms with E-state index in [1.165, 1.54) is 13.2 Å². The molecule has 0 radical (unpaired) electrons. The fourth-order valence-electron chi connectivity index (χ4n) is 3.49. The Labute approximate surface area is 172 Å². The van der Waals surface area contributed by atoms with Crippen LogP contribution in [0.1, 0.15) is 41.7 Å². The molecule has 0 unspecified atom stereocenters. The summed E-state index contributed by atoms with van der Waals surface area (Å²) in [5.74, 6) is 0.511. The number of nitrogens with zero attached hydrogens (tertiary/aromatic N) is 4. The van der Waals surface area contributed by atoms with E-state index in [-0.39, 0.29) is 12.4 Å². The zero-order valence-corrected chi connectivity index (χ0v) is 16.7. The Hall–Kier alpha value is -3.06. The van der Waals surface area contributed by atoms with Crippen molar-refractivity contribution in [1.82, 2.24) is 14.8 Å². The van der Waals surface area contributed by atoms with E-state index >= 15 is 0 Å². The summed E-state index contributed by atoms with van der Waals surface area (Å²) in [7, 11) is 1.34. The van der Waals surface area contributed by atoms with Gasteiger partial charge >= 0.3 is 5.97 Å². The smallest absolute Gasteiger partial charge is 0.305 e. The molecule has 0 bridgehead atoms. The molecule has 1 aromatic heterocycles. The predicted molar refractivity (Wildman–Crippen MR) is 107 cm³/mol. The summed E-state index contributed by atoms with van der Waals surface area (Å²) in [5.41, 5.74) is 2.25. The van der Waals surface area contributed by atoms with E-state index in [0.29, 0.717) is 39.9 Å². The summed E-state index contributed by atoms with van der Waals surface area (Å²) >= 11 is 6.27. The van der Waals surface area contributed by atoms with Crippen LogP contribution in [-0.4, -0.2) is 33.6 Å². The van der Waals surface area contributed by atoms with Crippen LogP contribution in [0.15, 0.2) is 47.5 Å². The zero-order chi connectivity index (χ0) is 20.5. The lowest BCUT2D eigenvalue weighted by atomic mass is 9.99. The number of ether oxygens (including phenoxy) is 1. The molecule has 3 aromatic rings. The number of aryl methyl sites for hydroxylation is 1. The number of aliphatic imine (C=N–C) groups is 1. The fourth-order valence-corrected chi connectivity index (χ4v) is 3.66. The molecule has 8 heteroatoms. The summed E-state index contributed by atoms with van der Waals surface area (Å²) in [5, 5.41) is 9.00. The summed E-state index contributed by atoms with van der Waals surface area (Å²) in [4.78, 5) is 16.6. The molecule has 2 aromatic carbocycles. The van der Waals surface area contributed by atoms with Crippen LogP contribution < -0.4 is 0 Å². The first-order chi connectivity index (χ1) is 14.0. The Kier molecular flexibility index (Phi) is 5.15. The maximum atomic E-state index is 14.7. The highest BCUT2D eigenvalue weighted by molar-refractivity contribution is 6.31. The van der Waals surface area contributed by atoms with Crippen LogP contribution in [0.5, 0.6) is 0 Å². The first kappa shape index (κ1) is 19.3. The second kappa shape index (κ2) is 7.75. The Morgan fingerprint density at radius 3 is 2.76 bits per heavy atom. The van der Waals surface area contributed by atoms with Crippen molar-refractivity contribution in [3.05, 3.63) is 76.1 Å². The number of carbonyl (C=O) groups excluding carboxylic acids is 1. The van der Waals surface area contributed by atoms with Gasteiger partial charge in [-0.15, -0.1) is 10.2 Å². The average Bonchev–Trinajstić information content (AvgIpc) is 3.03. The molecule has 2 heterocycles. The average molecular weight is 413 g/mol.